The third kappa shape index (κ3) is 2.91. The fraction of sp³-hybridized carbons (Fsp3) is 0.188. The average molecular weight is 287 g/mol. The second-order valence-corrected chi connectivity index (χ2v) is 4.36. The summed E-state index contributed by atoms with van der Waals surface area (Å²) in [6.07, 6.45) is 0. The van der Waals surface area contributed by atoms with Crippen LogP contribution >= 0.6 is 0 Å². The first-order valence-electron chi connectivity index (χ1n) is 6.31. The molecular formula is C16H17NO4. The lowest BCUT2D eigenvalue weighted by Crippen LogP contribution is -2.07. The van der Waals surface area contributed by atoms with Gasteiger partial charge in [0, 0.05) is 23.4 Å². The Morgan fingerprint density at radius 1 is 0.952 bits per heavy atom. The summed E-state index contributed by atoms with van der Waals surface area (Å²) in [6.45, 7) is 0. The Balaban J connectivity index is 2.59. The van der Waals surface area contributed by atoms with E-state index in [2.05, 4.69) is 0 Å². The van der Waals surface area contributed by atoms with E-state index in [1.807, 2.05) is 0 Å². The summed E-state index contributed by atoms with van der Waals surface area (Å²) in [5, 5.41) is 0. The maximum Gasteiger partial charge on any atom is 0.200 e. The molecule has 0 spiro atoms. The van der Waals surface area contributed by atoms with Gasteiger partial charge in [-0.05, 0) is 12.1 Å². The molecule has 0 radical (unpaired) electrons. The maximum absolute atomic E-state index is 12.7. The number of benzene rings is 2. The summed E-state index contributed by atoms with van der Waals surface area (Å²) in [5.41, 5.74) is 7.06. The Hall–Kier alpha value is -2.69. The first-order chi connectivity index (χ1) is 10.1. The lowest BCUT2D eigenvalue weighted by molar-refractivity contribution is 0.103. The third-order valence-electron chi connectivity index (χ3n) is 3.09. The van der Waals surface area contributed by atoms with Gasteiger partial charge in [-0.25, -0.2) is 0 Å². The van der Waals surface area contributed by atoms with Gasteiger partial charge in [0.05, 0.1) is 21.3 Å². The molecule has 0 unspecified atom stereocenters. The lowest BCUT2D eigenvalue weighted by atomic mass is 10.0. The van der Waals surface area contributed by atoms with Gasteiger partial charge >= 0.3 is 0 Å². The largest absolute Gasteiger partial charge is 0.496 e. The predicted octanol–water partition coefficient (Wildman–Crippen LogP) is 2.53. The number of carbonyl (C=O) groups excluding carboxylic acids is 1. The monoisotopic (exact) mass is 287 g/mol. The van der Waals surface area contributed by atoms with Crippen LogP contribution in [0.4, 0.5) is 5.69 Å². The normalized spacial score (nSPS) is 10.0. The van der Waals surface area contributed by atoms with E-state index in [-0.39, 0.29) is 5.78 Å². The van der Waals surface area contributed by atoms with Crippen molar-refractivity contribution < 1.29 is 19.0 Å². The molecular weight excluding hydrogens is 270 g/mol. The van der Waals surface area contributed by atoms with Crippen LogP contribution in [0.5, 0.6) is 17.2 Å². The molecule has 0 fully saturated rings. The van der Waals surface area contributed by atoms with Crippen molar-refractivity contribution in [2.24, 2.45) is 0 Å². The van der Waals surface area contributed by atoms with E-state index in [0.29, 0.717) is 34.1 Å². The number of ether oxygens (including phenoxy) is 3. The first kappa shape index (κ1) is 14.7. The van der Waals surface area contributed by atoms with Gasteiger partial charge in [-0.15, -0.1) is 0 Å². The minimum absolute atomic E-state index is 0.223. The van der Waals surface area contributed by atoms with Crippen LogP contribution in [0.2, 0.25) is 0 Å². The predicted molar refractivity (Wildman–Crippen MR) is 80.4 cm³/mol. The van der Waals surface area contributed by atoms with Crippen molar-refractivity contribution in [3.8, 4) is 17.2 Å². The van der Waals surface area contributed by atoms with Crippen LogP contribution in [0.25, 0.3) is 0 Å². The zero-order valence-corrected chi connectivity index (χ0v) is 12.2. The van der Waals surface area contributed by atoms with Crippen LogP contribution < -0.4 is 19.9 Å². The molecule has 21 heavy (non-hydrogen) atoms. The van der Waals surface area contributed by atoms with Gasteiger partial charge < -0.3 is 19.9 Å². The van der Waals surface area contributed by atoms with E-state index in [1.165, 1.54) is 21.3 Å². The highest BCUT2D eigenvalue weighted by atomic mass is 16.5. The number of hydrogen-bond acceptors (Lipinski definition) is 5. The summed E-state index contributed by atoms with van der Waals surface area (Å²) < 4.78 is 15.7. The number of hydrogen-bond donors (Lipinski definition) is 1. The molecule has 0 saturated carbocycles. The van der Waals surface area contributed by atoms with E-state index < -0.39 is 0 Å². The summed E-state index contributed by atoms with van der Waals surface area (Å²) in [5.74, 6) is 1.10. The van der Waals surface area contributed by atoms with Crippen LogP contribution in [0.3, 0.4) is 0 Å². The first-order valence-corrected chi connectivity index (χ1v) is 6.31. The summed E-state index contributed by atoms with van der Waals surface area (Å²) in [4.78, 5) is 12.7. The molecule has 2 rings (SSSR count). The summed E-state index contributed by atoms with van der Waals surface area (Å²) >= 11 is 0. The minimum atomic E-state index is -0.223. The Kier molecular flexibility index (Phi) is 4.33. The Morgan fingerprint density at radius 3 is 2.05 bits per heavy atom. The number of methoxy groups -OCH3 is 3. The number of nitrogens with two attached hydrogens (primary N) is 1. The van der Waals surface area contributed by atoms with E-state index in [9.17, 15) is 4.79 Å². The highest BCUT2D eigenvalue weighted by Crippen LogP contribution is 2.35. The standard InChI is InChI=1S/C16H17NO4/c1-19-12-8-13(20-2)15(14(9-12)21-3)16(18)10-5-4-6-11(17)7-10/h4-9H,17H2,1-3H3. The molecule has 0 amide bonds. The van der Waals surface area contributed by atoms with Crippen molar-refractivity contribution in [2.75, 3.05) is 27.1 Å². The van der Waals surface area contributed by atoms with Crippen molar-refractivity contribution >= 4 is 11.5 Å². The number of rotatable bonds is 5. The number of anilines is 1. The number of carbonyl (C=O) groups is 1. The maximum atomic E-state index is 12.7. The molecule has 2 aromatic carbocycles. The minimum Gasteiger partial charge on any atom is -0.496 e. The molecule has 0 heterocycles. The smallest absolute Gasteiger partial charge is 0.200 e. The lowest BCUT2D eigenvalue weighted by Gasteiger charge is -2.14. The molecule has 0 aromatic heterocycles. The van der Waals surface area contributed by atoms with Crippen LogP contribution in [0.15, 0.2) is 36.4 Å². The van der Waals surface area contributed by atoms with Gasteiger partial charge in [0.1, 0.15) is 22.8 Å². The van der Waals surface area contributed by atoms with Crippen LogP contribution in [-0.4, -0.2) is 27.1 Å². The average Bonchev–Trinajstić information content (AvgIpc) is 2.52. The quantitative estimate of drug-likeness (QED) is 0.676. The highest BCUT2D eigenvalue weighted by Gasteiger charge is 2.21. The van der Waals surface area contributed by atoms with E-state index in [1.54, 1.807) is 36.4 Å². The zero-order valence-electron chi connectivity index (χ0n) is 12.2. The third-order valence-corrected chi connectivity index (χ3v) is 3.09. The molecule has 0 aliphatic heterocycles. The van der Waals surface area contributed by atoms with Crippen molar-refractivity contribution in [3.05, 3.63) is 47.5 Å². The van der Waals surface area contributed by atoms with Crippen LogP contribution in [0.1, 0.15) is 15.9 Å². The van der Waals surface area contributed by atoms with Crippen molar-refractivity contribution in [1.82, 2.24) is 0 Å². The summed E-state index contributed by atoms with van der Waals surface area (Å²) in [6, 6.07) is 10.0. The van der Waals surface area contributed by atoms with E-state index in [0.717, 1.165) is 0 Å². The Labute approximate surface area is 123 Å². The molecule has 110 valence electrons. The molecule has 0 aliphatic carbocycles. The van der Waals surface area contributed by atoms with Crippen molar-refractivity contribution in [2.45, 2.75) is 0 Å². The molecule has 2 aromatic rings. The second-order valence-electron chi connectivity index (χ2n) is 4.36. The van der Waals surface area contributed by atoms with Gasteiger partial charge in [0.2, 0.25) is 5.78 Å². The molecule has 0 saturated heterocycles. The molecule has 0 bridgehead atoms. The summed E-state index contributed by atoms with van der Waals surface area (Å²) in [7, 11) is 4.52. The van der Waals surface area contributed by atoms with Gasteiger partial charge in [-0.3, -0.25) is 4.79 Å². The Bertz CT molecular complexity index is 642. The van der Waals surface area contributed by atoms with E-state index >= 15 is 0 Å². The van der Waals surface area contributed by atoms with E-state index in [4.69, 9.17) is 19.9 Å². The fourth-order valence-electron chi connectivity index (χ4n) is 2.05. The van der Waals surface area contributed by atoms with Gasteiger partial charge in [0.15, 0.2) is 0 Å². The fourth-order valence-corrected chi connectivity index (χ4v) is 2.05. The highest BCUT2D eigenvalue weighted by molar-refractivity contribution is 6.13. The zero-order chi connectivity index (χ0) is 15.4. The van der Waals surface area contributed by atoms with Gasteiger partial charge in [0.25, 0.3) is 0 Å². The van der Waals surface area contributed by atoms with Crippen molar-refractivity contribution in [3.63, 3.8) is 0 Å². The molecule has 2 N–H and O–H groups in total. The van der Waals surface area contributed by atoms with Crippen LogP contribution in [-0.2, 0) is 0 Å². The van der Waals surface area contributed by atoms with Gasteiger partial charge in [-0.2, -0.15) is 0 Å². The molecule has 0 aliphatic rings. The number of ketones is 1. The second kappa shape index (κ2) is 6.17. The van der Waals surface area contributed by atoms with Crippen molar-refractivity contribution in [1.29, 1.82) is 0 Å². The van der Waals surface area contributed by atoms with Crippen LogP contribution in [0, 0.1) is 0 Å². The molecule has 5 heteroatoms. The Morgan fingerprint density at radius 2 is 1.57 bits per heavy atom. The van der Waals surface area contributed by atoms with Gasteiger partial charge in [-0.1, -0.05) is 12.1 Å². The molecule has 0 atom stereocenters. The molecule has 5 nitrogen and oxygen atoms in total. The SMILES string of the molecule is COc1cc(OC)c(C(=O)c2cccc(N)c2)c(OC)c1. The number of nitrogen functional groups attached to an aromatic ring is 1. The topological polar surface area (TPSA) is 70.8 Å².